The van der Waals surface area contributed by atoms with Crippen molar-refractivity contribution in [3.8, 4) is 0 Å². The number of aliphatic hydroxyl groups is 1. The SMILES string of the molecule is CC(O)C1CCN(CC(=O)NC(=O)CN2CCCC2=O)C1. The van der Waals surface area contributed by atoms with Crippen molar-refractivity contribution in [3.63, 3.8) is 0 Å². The topological polar surface area (TPSA) is 89.9 Å². The van der Waals surface area contributed by atoms with Gasteiger partial charge in [-0.1, -0.05) is 0 Å². The van der Waals surface area contributed by atoms with Crippen molar-refractivity contribution < 1.29 is 19.5 Å². The lowest BCUT2D eigenvalue weighted by molar-refractivity contribution is -0.136. The van der Waals surface area contributed by atoms with Crippen LogP contribution in [0.2, 0.25) is 0 Å². The molecule has 2 saturated heterocycles. The summed E-state index contributed by atoms with van der Waals surface area (Å²) in [5, 5.41) is 11.8. The van der Waals surface area contributed by atoms with Gasteiger partial charge in [-0.2, -0.15) is 0 Å². The number of amides is 3. The maximum absolute atomic E-state index is 11.8. The van der Waals surface area contributed by atoms with E-state index in [4.69, 9.17) is 0 Å². The number of rotatable bonds is 5. The number of nitrogens with zero attached hydrogens (tertiary/aromatic N) is 2. The van der Waals surface area contributed by atoms with E-state index in [0.717, 1.165) is 19.4 Å². The molecule has 2 aliphatic heterocycles. The van der Waals surface area contributed by atoms with Gasteiger partial charge in [-0.3, -0.25) is 24.6 Å². The molecule has 2 atom stereocenters. The molecule has 2 fully saturated rings. The Bertz CT molecular complexity index is 424. The highest BCUT2D eigenvalue weighted by atomic mass is 16.3. The molecule has 21 heavy (non-hydrogen) atoms. The van der Waals surface area contributed by atoms with Crippen molar-refractivity contribution in [2.24, 2.45) is 5.92 Å². The molecule has 2 heterocycles. The fraction of sp³-hybridized carbons (Fsp3) is 0.786. The van der Waals surface area contributed by atoms with E-state index in [2.05, 4.69) is 5.32 Å². The van der Waals surface area contributed by atoms with Gasteiger partial charge in [-0.05, 0) is 32.2 Å². The molecule has 0 bridgehead atoms. The van der Waals surface area contributed by atoms with Crippen LogP contribution in [0.3, 0.4) is 0 Å². The fourth-order valence-corrected chi connectivity index (χ4v) is 2.88. The smallest absolute Gasteiger partial charge is 0.246 e. The molecule has 2 aliphatic rings. The summed E-state index contributed by atoms with van der Waals surface area (Å²) in [6, 6.07) is 0. The molecular weight excluding hydrogens is 274 g/mol. The first-order valence-electron chi connectivity index (χ1n) is 7.46. The van der Waals surface area contributed by atoms with E-state index >= 15 is 0 Å². The summed E-state index contributed by atoms with van der Waals surface area (Å²) in [6.07, 6.45) is 1.74. The molecule has 7 heteroatoms. The van der Waals surface area contributed by atoms with Gasteiger partial charge in [0.05, 0.1) is 19.2 Å². The van der Waals surface area contributed by atoms with Crippen LogP contribution in [0.5, 0.6) is 0 Å². The number of hydrogen-bond donors (Lipinski definition) is 2. The minimum absolute atomic E-state index is 0.0306. The molecule has 2 N–H and O–H groups in total. The van der Waals surface area contributed by atoms with E-state index in [9.17, 15) is 19.5 Å². The van der Waals surface area contributed by atoms with Gasteiger partial charge in [0.25, 0.3) is 0 Å². The predicted octanol–water partition coefficient (Wildman–Crippen LogP) is -1.05. The molecule has 0 aliphatic carbocycles. The number of nitrogens with one attached hydrogen (secondary N) is 1. The molecule has 118 valence electrons. The zero-order chi connectivity index (χ0) is 15.4. The highest BCUT2D eigenvalue weighted by Crippen LogP contribution is 2.18. The second kappa shape index (κ2) is 7.00. The van der Waals surface area contributed by atoms with Crippen molar-refractivity contribution in [2.75, 3.05) is 32.7 Å². The van der Waals surface area contributed by atoms with Gasteiger partial charge in [-0.25, -0.2) is 0 Å². The van der Waals surface area contributed by atoms with E-state index in [0.29, 0.717) is 19.5 Å². The highest BCUT2D eigenvalue weighted by molar-refractivity contribution is 5.98. The quantitative estimate of drug-likeness (QED) is 0.676. The van der Waals surface area contributed by atoms with Crippen molar-refractivity contribution in [1.82, 2.24) is 15.1 Å². The van der Waals surface area contributed by atoms with Gasteiger partial charge in [0.15, 0.2) is 0 Å². The zero-order valence-electron chi connectivity index (χ0n) is 12.4. The second-order valence-electron chi connectivity index (χ2n) is 5.91. The highest BCUT2D eigenvalue weighted by Gasteiger charge is 2.28. The zero-order valence-corrected chi connectivity index (χ0v) is 12.4. The standard InChI is InChI=1S/C14H23N3O4/c1-10(18)11-4-6-16(7-11)8-12(19)15-13(20)9-17-5-2-3-14(17)21/h10-11,18H,2-9H2,1H3,(H,15,19,20). The Kier molecular flexibility index (Phi) is 5.30. The van der Waals surface area contributed by atoms with Crippen molar-refractivity contribution in [3.05, 3.63) is 0 Å². The number of likely N-dealkylation sites (tertiary alicyclic amines) is 2. The molecule has 2 unspecified atom stereocenters. The Hall–Kier alpha value is -1.47. The summed E-state index contributed by atoms with van der Waals surface area (Å²) in [7, 11) is 0. The van der Waals surface area contributed by atoms with Crippen LogP contribution in [0.25, 0.3) is 0 Å². The molecular formula is C14H23N3O4. The van der Waals surface area contributed by atoms with Crippen LogP contribution in [-0.2, 0) is 14.4 Å². The third-order valence-corrected chi connectivity index (χ3v) is 4.14. The number of hydrogen-bond acceptors (Lipinski definition) is 5. The van der Waals surface area contributed by atoms with Crippen LogP contribution in [0, 0.1) is 5.92 Å². The average molecular weight is 297 g/mol. The summed E-state index contributed by atoms with van der Waals surface area (Å²) in [6.45, 7) is 3.88. The van der Waals surface area contributed by atoms with Crippen LogP contribution >= 0.6 is 0 Å². The summed E-state index contributed by atoms with van der Waals surface area (Å²) in [5.41, 5.74) is 0. The molecule has 0 saturated carbocycles. The third kappa shape index (κ3) is 4.50. The van der Waals surface area contributed by atoms with Gasteiger partial charge < -0.3 is 10.0 Å². The monoisotopic (exact) mass is 297 g/mol. The predicted molar refractivity (Wildman–Crippen MR) is 75.2 cm³/mol. The lowest BCUT2D eigenvalue weighted by Gasteiger charge is -2.18. The molecule has 0 aromatic heterocycles. The molecule has 2 rings (SSSR count). The van der Waals surface area contributed by atoms with Gasteiger partial charge in [0.2, 0.25) is 17.7 Å². The first-order valence-corrected chi connectivity index (χ1v) is 7.46. The van der Waals surface area contributed by atoms with Gasteiger partial charge in [-0.15, -0.1) is 0 Å². The minimum atomic E-state index is -0.429. The molecule has 0 spiro atoms. The first kappa shape index (κ1) is 15.9. The maximum Gasteiger partial charge on any atom is 0.246 e. The summed E-state index contributed by atoms with van der Waals surface area (Å²) in [5.74, 6) is -0.618. The van der Waals surface area contributed by atoms with Crippen molar-refractivity contribution in [1.29, 1.82) is 0 Å². The lowest BCUT2D eigenvalue weighted by Crippen LogP contribution is -2.44. The van der Waals surface area contributed by atoms with Crippen molar-refractivity contribution in [2.45, 2.75) is 32.3 Å². The van der Waals surface area contributed by atoms with E-state index in [1.165, 1.54) is 4.90 Å². The first-order chi connectivity index (χ1) is 9.95. The average Bonchev–Trinajstić information content (AvgIpc) is 2.99. The molecule has 7 nitrogen and oxygen atoms in total. The van der Waals surface area contributed by atoms with Crippen LogP contribution in [0.1, 0.15) is 26.2 Å². The summed E-state index contributed by atoms with van der Waals surface area (Å²) >= 11 is 0. The lowest BCUT2D eigenvalue weighted by atomic mass is 10.0. The van der Waals surface area contributed by atoms with E-state index in [1.54, 1.807) is 6.92 Å². The van der Waals surface area contributed by atoms with Crippen LogP contribution in [0.15, 0.2) is 0 Å². The number of aliphatic hydroxyl groups excluding tert-OH is 1. The Morgan fingerprint density at radius 2 is 2.05 bits per heavy atom. The second-order valence-corrected chi connectivity index (χ2v) is 5.91. The Labute approximate surface area is 124 Å². The maximum atomic E-state index is 11.8. The van der Waals surface area contributed by atoms with Crippen LogP contribution in [0.4, 0.5) is 0 Å². The van der Waals surface area contributed by atoms with Gasteiger partial charge >= 0.3 is 0 Å². The number of imide groups is 1. The molecule has 0 aromatic carbocycles. The third-order valence-electron chi connectivity index (χ3n) is 4.14. The Morgan fingerprint density at radius 1 is 1.33 bits per heavy atom. The molecule has 0 radical (unpaired) electrons. The number of carbonyl (C=O) groups is 3. The summed E-state index contributed by atoms with van der Waals surface area (Å²) in [4.78, 5) is 38.3. The van der Waals surface area contributed by atoms with E-state index in [-0.39, 0.29) is 36.9 Å². The Morgan fingerprint density at radius 3 is 2.62 bits per heavy atom. The molecule has 3 amide bonds. The fourth-order valence-electron chi connectivity index (χ4n) is 2.88. The minimum Gasteiger partial charge on any atom is -0.393 e. The normalized spacial score (nSPS) is 24.4. The van der Waals surface area contributed by atoms with Gasteiger partial charge in [0, 0.05) is 19.5 Å². The van der Waals surface area contributed by atoms with Crippen LogP contribution in [-0.4, -0.2) is 71.5 Å². The van der Waals surface area contributed by atoms with E-state index < -0.39 is 5.91 Å². The molecule has 0 aromatic rings. The van der Waals surface area contributed by atoms with Gasteiger partial charge in [0.1, 0.15) is 0 Å². The van der Waals surface area contributed by atoms with E-state index in [1.807, 2.05) is 4.90 Å². The number of carbonyl (C=O) groups excluding carboxylic acids is 3. The van der Waals surface area contributed by atoms with Crippen molar-refractivity contribution >= 4 is 17.7 Å². The summed E-state index contributed by atoms with van der Waals surface area (Å²) < 4.78 is 0. The Balaban J connectivity index is 1.69. The van der Waals surface area contributed by atoms with Crippen LogP contribution < -0.4 is 5.32 Å². The largest absolute Gasteiger partial charge is 0.393 e.